The summed E-state index contributed by atoms with van der Waals surface area (Å²) in [4.78, 5) is 21.7. The summed E-state index contributed by atoms with van der Waals surface area (Å²) in [6.45, 7) is 3.05. The number of thioether (sulfide) groups is 1. The van der Waals surface area contributed by atoms with Crippen molar-refractivity contribution >= 4 is 23.7 Å². The van der Waals surface area contributed by atoms with Gasteiger partial charge in [0.05, 0.1) is 12.3 Å². The van der Waals surface area contributed by atoms with E-state index in [1.807, 2.05) is 16.8 Å². The Morgan fingerprint density at radius 3 is 2.72 bits per heavy atom. The van der Waals surface area contributed by atoms with Crippen molar-refractivity contribution in [3.8, 4) is 0 Å². The molecule has 0 bridgehead atoms. The zero-order chi connectivity index (χ0) is 13.5. The van der Waals surface area contributed by atoms with E-state index in [2.05, 4.69) is 10.2 Å². The minimum absolute atomic E-state index is 0.0510. The molecule has 1 aromatic rings. The fourth-order valence-corrected chi connectivity index (χ4v) is 2.11. The van der Waals surface area contributed by atoms with Crippen LogP contribution >= 0.6 is 11.8 Å². The van der Waals surface area contributed by atoms with Crippen LogP contribution in [0.5, 0.6) is 0 Å². The Bertz CT molecular complexity index is 433. The second-order valence-electron chi connectivity index (χ2n) is 3.46. The van der Waals surface area contributed by atoms with E-state index in [1.165, 1.54) is 11.8 Å². The Balaban J connectivity index is 2.64. The molecule has 0 spiro atoms. The number of nitrogens with one attached hydrogen (secondary N) is 1. The van der Waals surface area contributed by atoms with Gasteiger partial charge in [0, 0.05) is 6.54 Å². The molecule has 5 N–H and O–H groups in total. The van der Waals surface area contributed by atoms with E-state index in [9.17, 15) is 9.59 Å². The topological polar surface area (TPSA) is 129 Å². The Hall–Kier alpha value is -1.61. The molecule has 0 saturated carbocycles. The van der Waals surface area contributed by atoms with Gasteiger partial charge in [-0.3, -0.25) is 10.1 Å². The summed E-state index contributed by atoms with van der Waals surface area (Å²) in [7, 11) is 0. The van der Waals surface area contributed by atoms with E-state index in [1.54, 1.807) is 0 Å². The third kappa shape index (κ3) is 4.00. The van der Waals surface area contributed by atoms with Gasteiger partial charge in [-0.1, -0.05) is 18.7 Å². The normalized spacial score (nSPS) is 10.3. The lowest BCUT2D eigenvalue weighted by Gasteiger charge is -2.07. The number of nitrogens with zero attached hydrogens (tertiary/aromatic N) is 3. The summed E-state index contributed by atoms with van der Waals surface area (Å²) in [5, 5.41) is 10.5. The van der Waals surface area contributed by atoms with Gasteiger partial charge in [-0.15, -0.1) is 10.2 Å². The lowest BCUT2D eigenvalue weighted by molar-refractivity contribution is -0.117. The third-order valence-corrected chi connectivity index (χ3v) is 2.98. The van der Waals surface area contributed by atoms with Crippen molar-refractivity contribution in [1.29, 1.82) is 0 Å². The highest BCUT2D eigenvalue weighted by Crippen LogP contribution is 2.17. The molecule has 0 aliphatic carbocycles. The van der Waals surface area contributed by atoms with E-state index in [0.29, 0.717) is 17.5 Å². The zero-order valence-corrected chi connectivity index (χ0v) is 10.9. The maximum absolute atomic E-state index is 11.3. The first-order valence-electron chi connectivity index (χ1n) is 5.42. The van der Waals surface area contributed by atoms with Crippen molar-refractivity contribution in [2.24, 2.45) is 11.5 Å². The van der Waals surface area contributed by atoms with E-state index < -0.39 is 11.9 Å². The van der Waals surface area contributed by atoms with E-state index in [4.69, 9.17) is 11.5 Å². The SMILES string of the molecule is CCCn1c(CN)nnc1SCC(=O)NC(N)=O. The Morgan fingerprint density at radius 1 is 1.44 bits per heavy atom. The minimum Gasteiger partial charge on any atom is -0.351 e. The number of carbonyl (C=O) groups is 2. The number of hydrogen-bond acceptors (Lipinski definition) is 6. The van der Waals surface area contributed by atoms with Crippen LogP contribution < -0.4 is 16.8 Å². The second kappa shape index (κ2) is 6.97. The molecule has 0 aliphatic rings. The number of amides is 3. The van der Waals surface area contributed by atoms with Crippen LogP contribution in [0, 0.1) is 0 Å². The molecule has 1 aromatic heterocycles. The van der Waals surface area contributed by atoms with E-state index >= 15 is 0 Å². The first-order valence-corrected chi connectivity index (χ1v) is 6.41. The fourth-order valence-electron chi connectivity index (χ4n) is 1.33. The van der Waals surface area contributed by atoms with Gasteiger partial charge in [0.15, 0.2) is 5.16 Å². The molecular formula is C9H16N6O2S. The number of aromatic nitrogens is 3. The predicted octanol–water partition coefficient (Wildman–Crippen LogP) is -0.566. The molecule has 8 nitrogen and oxygen atoms in total. The molecule has 1 rings (SSSR count). The third-order valence-electron chi connectivity index (χ3n) is 2.02. The van der Waals surface area contributed by atoms with Gasteiger partial charge >= 0.3 is 6.03 Å². The maximum Gasteiger partial charge on any atom is 0.318 e. The van der Waals surface area contributed by atoms with Crippen LogP contribution in [0.2, 0.25) is 0 Å². The zero-order valence-electron chi connectivity index (χ0n) is 10.0. The number of primary amides is 1. The van der Waals surface area contributed by atoms with Crippen molar-refractivity contribution < 1.29 is 9.59 Å². The largest absolute Gasteiger partial charge is 0.351 e. The molecular weight excluding hydrogens is 256 g/mol. The summed E-state index contributed by atoms with van der Waals surface area (Å²) in [6, 6.07) is -0.863. The van der Waals surface area contributed by atoms with Crippen LogP contribution in [0.15, 0.2) is 5.16 Å². The van der Waals surface area contributed by atoms with Gasteiger partial charge in [-0.2, -0.15) is 0 Å². The smallest absolute Gasteiger partial charge is 0.318 e. The molecule has 0 radical (unpaired) electrons. The van der Waals surface area contributed by atoms with Crippen LogP contribution in [-0.4, -0.2) is 32.5 Å². The van der Waals surface area contributed by atoms with Crippen LogP contribution in [0.4, 0.5) is 4.79 Å². The number of carbonyl (C=O) groups excluding carboxylic acids is 2. The Morgan fingerprint density at radius 2 is 2.17 bits per heavy atom. The van der Waals surface area contributed by atoms with Crippen molar-refractivity contribution in [3.63, 3.8) is 0 Å². The lowest BCUT2D eigenvalue weighted by Crippen LogP contribution is -2.36. The van der Waals surface area contributed by atoms with Crippen molar-refractivity contribution in [2.45, 2.75) is 31.6 Å². The molecule has 0 fully saturated rings. The summed E-state index contributed by atoms with van der Waals surface area (Å²) in [5.74, 6) is 0.262. The standard InChI is InChI=1S/C9H16N6O2S/c1-2-3-15-6(4-10)13-14-9(15)18-5-7(16)12-8(11)17/h2-5,10H2,1H3,(H3,11,12,16,17). The number of rotatable bonds is 6. The molecule has 3 amide bonds. The quantitative estimate of drug-likeness (QED) is 0.595. The first kappa shape index (κ1) is 14.5. The lowest BCUT2D eigenvalue weighted by atomic mass is 10.4. The van der Waals surface area contributed by atoms with Gasteiger partial charge < -0.3 is 16.0 Å². The average molecular weight is 272 g/mol. The summed E-state index contributed by atoms with van der Waals surface area (Å²) >= 11 is 1.19. The summed E-state index contributed by atoms with van der Waals surface area (Å²) in [5.41, 5.74) is 10.4. The van der Waals surface area contributed by atoms with Crippen LogP contribution in [0.25, 0.3) is 0 Å². The molecule has 9 heteroatoms. The predicted molar refractivity (Wildman–Crippen MR) is 66.7 cm³/mol. The molecule has 100 valence electrons. The molecule has 0 saturated heterocycles. The summed E-state index contributed by atoms with van der Waals surface area (Å²) < 4.78 is 1.86. The number of nitrogens with two attached hydrogens (primary N) is 2. The number of urea groups is 1. The molecule has 18 heavy (non-hydrogen) atoms. The van der Waals surface area contributed by atoms with Crippen molar-refractivity contribution in [2.75, 3.05) is 5.75 Å². The molecule has 0 atom stereocenters. The van der Waals surface area contributed by atoms with Gasteiger partial charge in [0.2, 0.25) is 5.91 Å². The van der Waals surface area contributed by atoms with Gasteiger partial charge in [0.25, 0.3) is 0 Å². The fraction of sp³-hybridized carbons (Fsp3) is 0.556. The number of hydrogen-bond donors (Lipinski definition) is 3. The molecule has 1 heterocycles. The highest BCUT2D eigenvalue weighted by molar-refractivity contribution is 7.99. The van der Waals surface area contributed by atoms with Gasteiger partial charge in [-0.25, -0.2) is 4.79 Å². The van der Waals surface area contributed by atoms with Crippen molar-refractivity contribution in [3.05, 3.63) is 5.82 Å². The highest BCUT2D eigenvalue weighted by atomic mass is 32.2. The molecule has 0 unspecified atom stereocenters. The van der Waals surface area contributed by atoms with Crippen LogP contribution in [0.3, 0.4) is 0 Å². The van der Waals surface area contributed by atoms with Crippen LogP contribution in [-0.2, 0) is 17.9 Å². The molecule has 0 aromatic carbocycles. The molecule has 0 aliphatic heterocycles. The van der Waals surface area contributed by atoms with E-state index in [-0.39, 0.29) is 5.75 Å². The number of imide groups is 1. The van der Waals surface area contributed by atoms with E-state index in [0.717, 1.165) is 13.0 Å². The van der Waals surface area contributed by atoms with Gasteiger partial charge in [-0.05, 0) is 6.42 Å². The monoisotopic (exact) mass is 272 g/mol. The minimum atomic E-state index is -0.863. The first-order chi connectivity index (χ1) is 8.58. The Labute approximate surface area is 108 Å². The Kier molecular flexibility index (Phi) is 5.59. The average Bonchev–Trinajstić information content (AvgIpc) is 2.68. The highest BCUT2D eigenvalue weighted by Gasteiger charge is 2.13. The second-order valence-corrected chi connectivity index (χ2v) is 4.40. The summed E-state index contributed by atoms with van der Waals surface area (Å²) in [6.07, 6.45) is 0.909. The maximum atomic E-state index is 11.3. The van der Waals surface area contributed by atoms with Crippen LogP contribution in [0.1, 0.15) is 19.2 Å². The van der Waals surface area contributed by atoms with Crippen molar-refractivity contribution in [1.82, 2.24) is 20.1 Å². The van der Waals surface area contributed by atoms with Gasteiger partial charge in [0.1, 0.15) is 5.82 Å².